The van der Waals surface area contributed by atoms with Gasteiger partial charge in [-0.05, 0) is 83.8 Å². The summed E-state index contributed by atoms with van der Waals surface area (Å²) in [6, 6.07) is 0. The zero-order valence-electron chi connectivity index (χ0n) is 44.0. The molecule has 2 unspecified atom stereocenters. The topological polar surface area (TPSA) is 76.1 Å². The number of esters is 2. The lowest BCUT2D eigenvalue weighted by atomic mass is 9.94. The Balaban J connectivity index is 4.01. The van der Waals surface area contributed by atoms with Crippen molar-refractivity contribution in [1.82, 2.24) is 4.90 Å². The smallest absolute Gasteiger partial charge is 0.308 e. The number of carbonyl (C=O) groups excluding carboxylic acids is 2. The maximum absolute atomic E-state index is 12.9. The van der Waals surface area contributed by atoms with Crippen LogP contribution in [0.2, 0.25) is 0 Å². The molecule has 0 spiro atoms. The number of hydrogen-bond donors (Lipinski definition) is 1. The van der Waals surface area contributed by atoms with Crippen LogP contribution in [0.3, 0.4) is 0 Å². The van der Waals surface area contributed by atoms with Gasteiger partial charge in [0.2, 0.25) is 0 Å². The van der Waals surface area contributed by atoms with Gasteiger partial charge >= 0.3 is 11.9 Å². The van der Waals surface area contributed by atoms with E-state index in [1.165, 1.54) is 238 Å². The quantitative estimate of drug-likeness (QED) is 0.0484. The summed E-state index contributed by atoms with van der Waals surface area (Å²) in [7, 11) is 0. The van der Waals surface area contributed by atoms with Crippen molar-refractivity contribution in [3.63, 3.8) is 0 Å². The molecule has 0 aromatic rings. The molecule has 0 fully saturated rings. The molecule has 0 aliphatic carbocycles. The third-order valence-electron chi connectivity index (χ3n) is 13.9. The van der Waals surface area contributed by atoms with Crippen LogP contribution < -0.4 is 0 Å². The first-order chi connectivity index (χ1) is 31.5. The van der Waals surface area contributed by atoms with Crippen molar-refractivity contribution in [2.75, 3.05) is 39.5 Å². The maximum atomic E-state index is 12.9. The van der Waals surface area contributed by atoms with Gasteiger partial charge in [-0.3, -0.25) is 9.59 Å². The standard InChI is InChI=1S/C58H115NO5/c1-5-9-13-17-29-37-47-55(45-35-15-11-7-3)57(61)63-53-43-33-27-23-20-19-21-25-31-39-49-59(51-41-42-52-60)50-40-32-26-22-24-28-34-44-54-64-58(62)56(46-36-16-12-8-4)48-38-30-18-14-10-6-2/h55-56,60H,5-54H2,1-4H3. The van der Waals surface area contributed by atoms with Crippen LogP contribution in [0.5, 0.6) is 0 Å². The van der Waals surface area contributed by atoms with E-state index in [4.69, 9.17) is 9.47 Å². The minimum Gasteiger partial charge on any atom is -0.465 e. The molecule has 0 aliphatic rings. The van der Waals surface area contributed by atoms with Crippen molar-refractivity contribution in [1.29, 1.82) is 0 Å². The Bertz CT molecular complexity index is 928. The van der Waals surface area contributed by atoms with Gasteiger partial charge in [-0.25, -0.2) is 0 Å². The minimum atomic E-state index is 0.0799. The van der Waals surface area contributed by atoms with Gasteiger partial charge < -0.3 is 19.5 Å². The second-order valence-corrected chi connectivity index (χ2v) is 20.2. The van der Waals surface area contributed by atoms with E-state index >= 15 is 0 Å². The number of unbranched alkanes of at least 4 members (excludes halogenated alkanes) is 33. The fraction of sp³-hybridized carbons (Fsp3) is 0.966. The van der Waals surface area contributed by atoms with Crippen LogP contribution in [0.4, 0.5) is 0 Å². The fourth-order valence-electron chi connectivity index (χ4n) is 9.45. The Morgan fingerprint density at radius 1 is 0.328 bits per heavy atom. The monoisotopic (exact) mass is 906 g/mol. The molecule has 0 aliphatic heterocycles. The van der Waals surface area contributed by atoms with Crippen molar-refractivity contribution in [2.24, 2.45) is 11.8 Å². The molecular formula is C58H115NO5. The van der Waals surface area contributed by atoms with E-state index in [0.29, 0.717) is 19.8 Å². The van der Waals surface area contributed by atoms with Crippen LogP contribution in [0, 0.1) is 11.8 Å². The molecule has 1 N–H and O–H groups in total. The van der Waals surface area contributed by atoms with Crippen molar-refractivity contribution in [3.8, 4) is 0 Å². The zero-order chi connectivity index (χ0) is 46.7. The molecule has 6 heteroatoms. The number of hydrogen-bond acceptors (Lipinski definition) is 6. The van der Waals surface area contributed by atoms with Gasteiger partial charge in [0.25, 0.3) is 0 Å². The molecule has 0 radical (unpaired) electrons. The number of nitrogens with zero attached hydrogens (tertiary/aromatic N) is 1. The van der Waals surface area contributed by atoms with Gasteiger partial charge in [0.1, 0.15) is 0 Å². The van der Waals surface area contributed by atoms with E-state index in [0.717, 1.165) is 64.3 Å². The average molecular weight is 907 g/mol. The van der Waals surface area contributed by atoms with E-state index in [-0.39, 0.29) is 23.8 Å². The van der Waals surface area contributed by atoms with Crippen molar-refractivity contribution in [2.45, 2.75) is 310 Å². The molecule has 0 aromatic carbocycles. The van der Waals surface area contributed by atoms with Crippen molar-refractivity contribution in [3.05, 3.63) is 0 Å². The molecule has 0 heterocycles. The Hall–Kier alpha value is -1.14. The maximum Gasteiger partial charge on any atom is 0.308 e. The summed E-state index contributed by atoms with van der Waals surface area (Å²) >= 11 is 0. The van der Waals surface area contributed by atoms with Crippen LogP contribution in [0.15, 0.2) is 0 Å². The second-order valence-electron chi connectivity index (χ2n) is 20.2. The van der Waals surface area contributed by atoms with Gasteiger partial charge in [0.05, 0.1) is 25.0 Å². The number of carbonyl (C=O) groups is 2. The Kier molecular flexibility index (Phi) is 51.9. The molecule has 0 aromatic heterocycles. The normalized spacial score (nSPS) is 12.6. The summed E-state index contributed by atoms with van der Waals surface area (Å²) in [5, 5.41) is 9.34. The molecule has 0 saturated heterocycles. The molecule has 0 bridgehead atoms. The van der Waals surface area contributed by atoms with Gasteiger partial charge in [0.15, 0.2) is 0 Å². The van der Waals surface area contributed by atoms with E-state index in [2.05, 4.69) is 32.6 Å². The molecule has 6 nitrogen and oxygen atoms in total. The summed E-state index contributed by atoms with van der Waals surface area (Å²) in [4.78, 5) is 28.5. The van der Waals surface area contributed by atoms with Crippen LogP contribution in [-0.2, 0) is 19.1 Å². The SMILES string of the molecule is CCCCCCCCC(CCCCCC)C(=O)OCCCCCCCCCCCCN(CCCCO)CCCCCCCCCCOC(=O)C(CCCCCC)CCCCCCCC. The largest absolute Gasteiger partial charge is 0.465 e. The molecule has 64 heavy (non-hydrogen) atoms. The van der Waals surface area contributed by atoms with E-state index < -0.39 is 0 Å². The third kappa shape index (κ3) is 44.7. The Morgan fingerprint density at radius 3 is 0.859 bits per heavy atom. The zero-order valence-corrected chi connectivity index (χ0v) is 44.0. The van der Waals surface area contributed by atoms with Crippen LogP contribution in [0.25, 0.3) is 0 Å². The number of ether oxygens (including phenoxy) is 2. The highest BCUT2D eigenvalue weighted by Crippen LogP contribution is 2.23. The number of aliphatic hydroxyl groups is 1. The average Bonchev–Trinajstić information content (AvgIpc) is 3.30. The highest BCUT2D eigenvalue weighted by molar-refractivity contribution is 5.72. The van der Waals surface area contributed by atoms with Gasteiger partial charge in [-0.15, -0.1) is 0 Å². The van der Waals surface area contributed by atoms with Crippen molar-refractivity contribution < 1.29 is 24.2 Å². The summed E-state index contributed by atoms with van der Waals surface area (Å²) in [6.07, 6.45) is 54.0. The summed E-state index contributed by atoms with van der Waals surface area (Å²) in [5.74, 6) is 0.398. The van der Waals surface area contributed by atoms with E-state index in [9.17, 15) is 14.7 Å². The first kappa shape index (κ1) is 62.9. The molecule has 382 valence electrons. The highest BCUT2D eigenvalue weighted by atomic mass is 16.5. The van der Waals surface area contributed by atoms with Crippen molar-refractivity contribution >= 4 is 11.9 Å². The summed E-state index contributed by atoms with van der Waals surface area (Å²) < 4.78 is 11.6. The first-order valence-corrected chi connectivity index (χ1v) is 29.2. The molecular weight excluding hydrogens is 791 g/mol. The van der Waals surface area contributed by atoms with Gasteiger partial charge in [-0.2, -0.15) is 0 Å². The minimum absolute atomic E-state index is 0.0799. The highest BCUT2D eigenvalue weighted by Gasteiger charge is 2.20. The molecule has 2 atom stereocenters. The first-order valence-electron chi connectivity index (χ1n) is 29.2. The second kappa shape index (κ2) is 52.8. The van der Waals surface area contributed by atoms with E-state index in [1.807, 2.05) is 0 Å². The van der Waals surface area contributed by atoms with Gasteiger partial charge in [-0.1, -0.05) is 246 Å². The predicted octanol–water partition coefficient (Wildman–Crippen LogP) is 17.8. The molecule has 0 rings (SSSR count). The molecule has 0 amide bonds. The van der Waals surface area contributed by atoms with Gasteiger partial charge in [0, 0.05) is 6.61 Å². The molecule has 0 saturated carbocycles. The van der Waals surface area contributed by atoms with Crippen LogP contribution in [0.1, 0.15) is 310 Å². The Morgan fingerprint density at radius 2 is 0.562 bits per heavy atom. The number of aliphatic hydroxyl groups excluding tert-OH is 1. The van der Waals surface area contributed by atoms with Crippen LogP contribution >= 0.6 is 0 Å². The summed E-state index contributed by atoms with van der Waals surface area (Å²) in [6.45, 7) is 14.1. The number of rotatable bonds is 54. The van der Waals surface area contributed by atoms with E-state index in [1.54, 1.807) is 0 Å². The lowest BCUT2D eigenvalue weighted by Gasteiger charge is -2.22. The lowest BCUT2D eigenvalue weighted by molar-refractivity contribution is -0.150. The third-order valence-corrected chi connectivity index (χ3v) is 13.9. The summed E-state index contributed by atoms with van der Waals surface area (Å²) in [5.41, 5.74) is 0. The van der Waals surface area contributed by atoms with Crippen LogP contribution in [-0.4, -0.2) is 61.4 Å². The Labute approximate surface area is 401 Å². The fourth-order valence-corrected chi connectivity index (χ4v) is 9.45. The lowest BCUT2D eigenvalue weighted by Crippen LogP contribution is -2.27. The predicted molar refractivity (Wildman–Crippen MR) is 278 cm³/mol.